The third-order valence-corrected chi connectivity index (χ3v) is 5.20. The molecule has 27 heavy (non-hydrogen) atoms. The van der Waals surface area contributed by atoms with Gasteiger partial charge in [-0.1, -0.05) is 30.3 Å². The molecule has 0 unspecified atom stereocenters. The molecule has 2 aromatic carbocycles. The van der Waals surface area contributed by atoms with E-state index in [0.717, 1.165) is 56.8 Å². The Kier molecular flexibility index (Phi) is 6.85. The Hall–Kier alpha value is -2.37. The highest BCUT2D eigenvalue weighted by molar-refractivity contribution is 5.94. The second kappa shape index (κ2) is 9.53. The average molecular weight is 367 g/mol. The largest absolute Gasteiger partial charge is 0.369 e. The Morgan fingerprint density at radius 1 is 1.04 bits per heavy atom. The Balaban J connectivity index is 1.46. The van der Waals surface area contributed by atoms with Crippen molar-refractivity contribution >= 4 is 11.6 Å². The first-order chi connectivity index (χ1) is 13.2. The minimum atomic E-state index is 0.0804. The molecule has 0 spiro atoms. The van der Waals surface area contributed by atoms with Crippen LogP contribution in [-0.2, 0) is 6.42 Å². The van der Waals surface area contributed by atoms with Gasteiger partial charge in [-0.25, -0.2) is 0 Å². The maximum Gasteiger partial charge on any atom is 0.253 e. The third kappa shape index (κ3) is 5.31. The van der Waals surface area contributed by atoms with E-state index in [0.29, 0.717) is 6.54 Å². The fourth-order valence-corrected chi connectivity index (χ4v) is 3.51. The van der Waals surface area contributed by atoms with Gasteiger partial charge >= 0.3 is 0 Å². The number of hydrogen-bond acceptors (Lipinski definition) is 4. The number of nitrogens with zero attached hydrogens (tertiary/aromatic N) is 3. The number of anilines is 1. The van der Waals surface area contributed by atoms with Crippen LogP contribution < -0.4 is 10.6 Å². The number of para-hydroxylation sites is 1. The van der Waals surface area contributed by atoms with E-state index in [2.05, 4.69) is 40.1 Å². The van der Waals surface area contributed by atoms with Gasteiger partial charge in [-0.15, -0.1) is 0 Å². The van der Waals surface area contributed by atoms with Gasteiger partial charge in [0.15, 0.2) is 0 Å². The van der Waals surface area contributed by atoms with Crippen LogP contribution >= 0.6 is 0 Å². The topological polar surface area (TPSA) is 52.8 Å². The molecule has 1 amide bonds. The Labute approximate surface area is 162 Å². The lowest BCUT2D eigenvalue weighted by atomic mass is 10.1. The van der Waals surface area contributed by atoms with E-state index in [-0.39, 0.29) is 5.91 Å². The molecule has 0 bridgehead atoms. The van der Waals surface area contributed by atoms with Gasteiger partial charge < -0.3 is 15.5 Å². The van der Waals surface area contributed by atoms with Crippen molar-refractivity contribution in [2.24, 2.45) is 5.73 Å². The zero-order chi connectivity index (χ0) is 19.1. The van der Waals surface area contributed by atoms with Crippen molar-refractivity contribution in [1.29, 1.82) is 0 Å². The van der Waals surface area contributed by atoms with Crippen molar-refractivity contribution in [3.05, 3.63) is 65.7 Å². The summed E-state index contributed by atoms with van der Waals surface area (Å²) in [7, 11) is 1.89. The van der Waals surface area contributed by atoms with E-state index >= 15 is 0 Å². The minimum Gasteiger partial charge on any atom is -0.369 e. The molecule has 0 radical (unpaired) electrons. The van der Waals surface area contributed by atoms with Crippen LogP contribution in [0.5, 0.6) is 0 Å². The molecule has 1 fully saturated rings. The first-order valence-corrected chi connectivity index (χ1v) is 9.74. The van der Waals surface area contributed by atoms with Crippen LogP contribution in [0.3, 0.4) is 0 Å². The highest BCUT2D eigenvalue weighted by Gasteiger charge is 2.18. The van der Waals surface area contributed by atoms with E-state index in [4.69, 9.17) is 5.73 Å². The van der Waals surface area contributed by atoms with Gasteiger partial charge in [0.2, 0.25) is 0 Å². The normalized spacial score (nSPS) is 15.0. The molecule has 0 aromatic heterocycles. The zero-order valence-corrected chi connectivity index (χ0v) is 16.2. The molecule has 5 nitrogen and oxygen atoms in total. The van der Waals surface area contributed by atoms with Crippen LogP contribution in [0.2, 0.25) is 0 Å². The summed E-state index contributed by atoms with van der Waals surface area (Å²) in [6.45, 7) is 6.37. The first-order valence-electron chi connectivity index (χ1n) is 9.74. The molecule has 0 aliphatic carbocycles. The molecule has 144 valence electrons. The number of likely N-dealkylation sites (N-methyl/N-ethyl adjacent to an activating group) is 1. The zero-order valence-electron chi connectivity index (χ0n) is 16.2. The number of amides is 1. The highest BCUT2D eigenvalue weighted by atomic mass is 16.2. The molecule has 2 aromatic rings. The van der Waals surface area contributed by atoms with Crippen molar-refractivity contribution in [2.75, 3.05) is 57.8 Å². The van der Waals surface area contributed by atoms with Gasteiger partial charge in [0.1, 0.15) is 0 Å². The molecular weight excluding hydrogens is 336 g/mol. The molecule has 1 heterocycles. The van der Waals surface area contributed by atoms with Crippen LogP contribution in [0.1, 0.15) is 15.9 Å². The quantitative estimate of drug-likeness (QED) is 0.815. The second-order valence-corrected chi connectivity index (χ2v) is 7.13. The van der Waals surface area contributed by atoms with Crippen molar-refractivity contribution in [1.82, 2.24) is 9.80 Å². The minimum absolute atomic E-state index is 0.0804. The summed E-state index contributed by atoms with van der Waals surface area (Å²) in [5, 5.41) is 0. The summed E-state index contributed by atoms with van der Waals surface area (Å²) in [6, 6.07) is 18.4. The maximum atomic E-state index is 12.7. The molecule has 0 atom stereocenters. The van der Waals surface area contributed by atoms with Crippen LogP contribution in [0, 0.1) is 0 Å². The highest BCUT2D eigenvalue weighted by Crippen LogP contribution is 2.15. The van der Waals surface area contributed by atoms with E-state index < -0.39 is 0 Å². The molecule has 2 N–H and O–H groups in total. The smallest absolute Gasteiger partial charge is 0.253 e. The van der Waals surface area contributed by atoms with Crippen LogP contribution in [0.25, 0.3) is 0 Å². The number of nitrogens with two attached hydrogens (primary N) is 1. The second-order valence-electron chi connectivity index (χ2n) is 7.13. The fourth-order valence-electron chi connectivity index (χ4n) is 3.51. The summed E-state index contributed by atoms with van der Waals surface area (Å²) >= 11 is 0. The lowest BCUT2D eigenvalue weighted by Gasteiger charge is -2.36. The first kappa shape index (κ1) is 19.4. The SMILES string of the molecule is CN(CCN1CCN(c2ccccc2)CC1)C(=O)c1cccc(CCN)c1. The van der Waals surface area contributed by atoms with Gasteiger partial charge in [-0.2, -0.15) is 0 Å². The number of hydrogen-bond donors (Lipinski definition) is 1. The van der Waals surface area contributed by atoms with Crippen LogP contribution in [0.4, 0.5) is 5.69 Å². The van der Waals surface area contributed by atoms with Crippen molar-refractivity contribution in [2.45, 2.75) is 6.42 Å². The van der Waals surface area contributed by atoms with Crippen LogP contribution in [-0.4, -0.2) is 68.6 Å². The Morgan fingerprint density at radius 2 is 1.78 bits per heavy atom. The monoisotopic (exact) mass is 366 g/mol. The number of carbonyl (C=O) groups excluding carboxylic acids is 1. The van der Waals surface area contributed by atoms with Crippen molar-refractivity contribution in [3.63, 3.8) is 0 Å². The Bertz CT molecular complexity index is 726. The van der Waals surface area contributed by atoms with Gasteiger partial charge in [-0.05, 0) is 42.8 Å². The van der Waals surface area contributed by atoms with Crippen LogP contribution in [0.15, 0.2) is 54.6 Å². The maximum absolute atomic E-state index is 12.7. The average Bonchev–Trinajstić information content (AvgIpc) is 2.73. The summed E-state index contributed by atoms with van der Waals surface area (Å²) in [5.74, 6) is 0.0804. The van der Waals surface area contributed by atoms with Gasteiger partial charge in [0, 0.05) is 57.6 Å². The van der Waals surface area contributed by atoms with E-state index in [1.165, 1.54) is 5.69 Å². The number of piperazine rings is 1. The lowest BCUT2D eigenvalue weighted by molar-refractivity contribution is 0.0776. The van der Waals surface area contributed by atoms with Gasteiger partial charge in [-0.3, -0.25) is 9.69 Å². The molecule has 5 heteroatoms. The number of rotatable bonds is 7. The molecular formula is C22H30N4O. The molecule has 1 saturated heterocycles. The summed E-state index contributed by atoms with van der Waals surface area (Å²) in [5.41, 5.74) is 8.78. The van der Waals surface area contributed by atoms with Crippen molar-refractivity contribution in [3.8, 4) is 0 Å². The van der Waals surface area contributed by atoms with E-state index in [1.54, 1.807) is 0 Å². The molecule has 1 aliphatic heterocycles. The summed E-state index contributed by atoms with van der Waals surface area (Å²) in [4.78, 5) is 19.4. The molecule has 1 aliphatic rings. The van der Waals surface area contributed by atoms with Crippen molar-refractivity contribution < 1.29 is 4.79 Å². The standard InChI is InChI=1S/C22H30N4O/c1-24(22(27)20-7-5-6-19(18-20)10-11-23)12-13-25-14-16-26(17-15-25)21-8-3-2-4-9-21/h2-9,18H,10-17,23H2,1H3. The third-order valence-electron chi connectivity index (χ3n) is 5.20. The Morgan fingerprint density at radius 3 is 2.48 bits per heavy atom. The summed E-state index contributed by atoms with van der Waals surface area (Å²) in [6.07, 6.45) is 0.802. The van der Waals surface area contributed by atoms with Gasteiger partial charge in [0.05, 0.1) is 0 Å². The number of benzene rings is 2. The summed E-state index contributed by atoms with van der Waals surface area (Å²) < 4.78 is 0. The predicted molar refractivity (Wildman–Crippen MR) is 111 cm³/mol. The lowest BCUT2D eigenvalue weighted by Crippen LogP contribution is -2.48. The van der Waals surface area contributed by atoms with Gasteiger partial charge in [0.25, 0.3) is 5.91 Å². The fraction of sp³-hybridized carbons (Fsp3) is 0.409. The molecule has 3 rings (SSSR count). The van der Waals surface area contributed by atoms with E-state index in [9.17, 15) is 4.79 Å². The molecule has 0 saturated carbocycles. The number of carbonyl (C=O) groups is 1. The predicted octanol–water partition coefficient (Wildman–Crippen LogP) is 2.08. The van der Waals surface area contributed by atoms with E-state index in [1.807, 2.05) is 36.2 Å².